The van der Waals surface area contributed by atoms with Crippen molar-refractivity contribution in [2.75, 3.05) is 0 Å². The van der Waals surface area contributed by atoms with Crippen LogP contribution in [0.3, 0.4) is 0 Å². The molecule has 0 aliphatic heterocycles. The highest BCUT2D eigenvalue weighted by Gasteiger charge is 2.05. The molecule has 1 aromatic heterocycles. The lowest BCUT2D eigenvalue weighted by molar-refractivity contribution is 0.570. The topological polar surface area (TPSA) is 24.9 Å². The quantitative estimate of drug-likeness (QED) is 0.891. The summed E-state index contributed by atoms with van der Waals surface area (Å²) in [5.41, 5.74) is 2.92. The first-order valence-corrected chi connectivity index (χ1v) is 6.05. The zero-order valence-corrected chi connectivity index (χ0v) is 10.7. The molecule has 0 unspecified atom stereocenters. The summed E-state index contributed by atoms with van der Waals surface area (Å²) in [6, 6.07) is 9.39. The third-order valence-electron chi connectivity index (χ3n) is 3.02. The summed E-state index contributed by atoms with van der Waals surface area (Å²) >= 11 is 0. The van der Waals surface area contributed by atoms with E-state index in [9.17, 15) is 4.39 Å². The molecule has 18 heavy (non-hydrogen) atoms. The first-order valence-electron chi connectivity index (χ1n) is 6.05. The second-order valence-electron chi connectivity index (χ2n) is 4.47. The lowest BCUT2D eigenvalue weighted by Gasteiger charge is -2.14. The van der Waals surface area contributed by atoms with Gasteiger partial charge in [-0.25, -0.2) is 4.39 Å². The van der Waals surface area contributed by atoms with Crippen molar-refractivity contribution in [1.82, 2.24) is 10.3 Å². The second-order valence-corrected chi connectivity index (χ2v) is 4.47. The molecule has 1 N–H and O–H groups in total. The lowest BCUT2D eigenvalue weighted by atomic mass is 10.1. The van der Waals surface area contributed by atoms with E-state index in [0.717, 1.165) is 17.7 Å². The monoisotopic (exact) mass is 244 g/mol. The lowest BCUT2D eigenvalue weighted by Crippen LogP contribution is -2.18. The fourth-order valence-electron chi connectivity index (χ4n) is 1.84. The van der Waals surface area contributed by atoms with Gasteiger partial charge in [-0.15, -0.1) is 0 Å². The third-order valence-corrected chi connectivity index (χ3v) is 3.02. The average molecular weight is 244 g/mol. The number of aryl methyl sites for hydroxylation is 1. The van der Waals surface area contributed by atoms with Gasteiger partial charge in [0.25, 0.3) is 0 Å². The van der Waals surface area contributed by atoms with E-state index in [1.807, 2.05) is 30.5 Å². The second kappa shape index (κ2) is 5.74. The number of pyridine rings is 1. The van der Waals surface area contributed by atoms with E-state index < -0.39 is 0 Å². The molecule has 0 radical (unpaired) electrons. The van der Waals surface area contributed by atoms with Crippen LogP contribution in [-0.4, -0.2) is 4.98 Å². The van der Waals surface area contributed by atoms with Crippen LogP contribution in [-0.2, 0) is 6.54 Å². The Balaban J connectivity index is 1.97. The fraction of sp³-hybridized carbons (Fsp3) is 0.267. The van der Waals surface area contributed by atoms with Crippen molar-refractivity contribution >= 4 is 0 Å². The van der Waals surface area contributed by atoms with E-state index in [0.29, 0.717) is 5.56 Å². The molecule has 0 aliphatic carbocycles. The predicted molar refractivity (Wildman–Crippen MR) is 70.6 cm³/mol. The van der Waals surface area contributed by atoms with Crippen LogP contribution in [0, 0.1) is 12.7 Å². The normalized spacial score (nSPS) is 12.4. The van der Waals surface area contributed by atoms with Gasteiger partial charge in [-0.2, -0.15) is 0 Å². The molecule has 0 amide bonds. The number of halogens is 1. The van der Waals surface area contributed by atoms with Crippen molar-refractivity contribution in [3.63, 3.8) is 0 Å². The van der Waals surface area contributed by atoms with Crippen molar-refractivity contribution in [3.8, 4) is 0 Å². The van der Waals surface area contributed by atoms with Crippen LogP contribution in [0.2, 0.25) is 0 Å². The Morgan fingerprint density at radius 3 is 2.83 bits per heavy atom. The summed E-state index contributed by atoms with van der Waals surface area (Å²) in [6.07, 6.45) is 3.62. The molecule has 1 aromatic carbocycles. The minimum absolute atomic E-state index is 0.154. The highest BCUT2D eigenvalue weighted by Crippen LogP contribution is 2.13. The van der Waals surface area contributed by atoms with Gasteiger partial charge in [-0.1, -0.05) is 18.2 Å². The van der Waals surface area contributed by atoms with Gasteiger partial charge in [0.15, 0.2) is 0 Å². The van der Waals surface area contributed by atoms with Gasteiger partial charge in [0.1, 0.15) is 5.82 Å². The Bertz CT molecular complexity index is 511. The van der Waals surface area contributed by atoms with Crippen molar-refractivity contribution in [2.45, 2.75) is 26.4 Å². The van der Waals surface area contributed by atoms with Crippen molar-refractivity contribution in [1.29, 1.82) is 0 Å². The summed E-state index contributed by atoms with van der Waals surface area (Å²) in [7, 11) is 0. The van der Waals surface area contributed by atoms with E-state index in [-0.39, 0.29) is 11.9 Å². The fourth-order valence-corrected chi connectivity index (χ4v) is 1.84. The molecule has 0 bridgehead atoms. The highest BCUT2D eigenvalue weighted by atomic mass is 19.1. The molecule has 0 saturated carbocycles. The van der Waals surface area contributed by atoms with Crippen LogP contribution >= 0.6 is 0 Å². The number of rotatable bonds is 4. The van der Waals surface area contributed by atoms with E-state index in [1.54, 1.807) is 13.1 Å². The van der Waals surface area contributed by atoms with Gasteiger partial charge in [-0.3, -0.25) is 4.98 Å². The summed E-state index contributed by atoms with van der Waals surface area (Å²) < 4.78 is 13.1. The summed E-state index contributed by atoms with van der Waals surface area (Å²) in [4.78, 5) is 4.10. The van der Waals surface area contributed by atoms with Gasteiger partial charge in [0.05, 0.1) is 0 Å². The maximum atomic E-state index is 13.1. The molecule has 3 heteroatoms. The van der Waals surface area contributed by atoms with Gasteiger partial charge in [0, 0.05) is 25.0 Å². The van der Waals surface area contributed by atoms with Crippen LogP contribution < -0.4 is 5.32 Å². The molecule has 2 rings (SSSR count). The maximum Gasteiger partial charge on any atom is 0.126 e. The first kappa shape index (κ1) is 12.7. The number of benzene rings is 1. The van der Waals surface area contributed by atoms with Crippen molar-refractivity contribution in [3.05, 3.63) is 65.2 Å². The predicted octanol–water partition coefficient (Wildman–Crippen LogP) is 3.38. The Labute approximate surface area is 107 Å². The Morgan fingerprint density at radius 2 is 2.17 bits per heavy atom. The molecule has 0 aliphatic rings. The van der Waals surface area contributed by atoms with Crippen LogP contribution in [0.5, 0.6) is 0 Å². The van der Waals surface area contributed by atoms with Crippen LogP contribution in [0.15, 0.2) is 42.7 Å². The molecular formula is C15H17FN2. The zero-order valence-electron chi connectivity index (χ0n) is 10.7. The van der Waals surface area contributed by atoms with E-state index >= 15 is 0 Å². The molecule has 1 atom stereocenters. The largest absolute Gasteiger partial charge is 0.306 e. The van der Waals surface area contributed by atoms with E-state index in [2.05, 4.69) is 17.2 Å². The van der Waals surface area contributed by atoms with Gasteiger partial charge >= 0.3 is 0 Å². The van der Waals surface area contributed by atoms with Crippen molar-refractivity contribution in [2.24, 2.45) is 0 Å². The number of aromatic nitrogens is 1. The Morgan fingerprint density at radius 1 is 1.33 bits per heavy atom. The summed E-state index contributed by atoms with van der Waals surface area (Å²) in [5.74, 6) is -0.154. The molecule has 1 heterocycles. The SMILES string of the molecule is Cc1cc(CN[C@H](C)c2cccnc2)ccc1F. The van der Waals surface area contributed by atoms with E-state index in [4.69, 9.17) is 0 Å². The summed E-state index contributed by atoms with van der Waals surface area (Å²) in [6.45, 7) is 4.59. The maximum absolute atomic E-state index is 13.1. The van der Waals surface area contributed by atoms with Crippen LogP contribution in [0.1, 0.15) is 29.7 Å². The van der Waals surface area contributed by atoms with Crippen LogP contribution in [0.25, 0.3) is 0 Å². The van der Waals surface area contributed by atoms with Crippen LogP contribution in [0.4, 0.5) is 4.39 Å². The van der Waals surface area contributed by atoms with Crippen molar-refractivity contribution < 1.29 is 4.39 Å². The number of nitrogens with zero attached hydrogens (tertiary/aromatic N) is 1. The molecule has 0 saturated heterocycles. The smallest absolute Gasteiger partial charge is 0.126 e. The summed E-state index contributed by atoms with van der Waals surface area (Å²) in [5, 5.41) is 3.40. The standard InChI is InChI=1S/C15H17FN2/c1-11-8-13(5-6-15(11)16)9-18-12(2)14-4-3-7-17-10-14/h3-8,10,12,18H,9H2,1-2H3/t12-/m1/s1. The Kier molecular flexibility index (Phi) is 4.05. The number of nitrogens with one attached hydrogen (secondary N) is 1. The van der Waals surface area contributed by atoms with Gasteiger partial charge in [0.2, 0.25) is 0 Å². The number of hydrogen-bond acceptors (Lipinski definition) is 2. The van der Waals surface area contributed by atoms with Gasteiger partial charge < -0.3 is 5.32 Å². The Hall–Kier alpha value is -1.74. The first-order chi connectivity index (χ1) is 8.66. The molecule has 2 aromatic rings. The number of hydrogen-bond donors (Lipinski definition) is 1. The van der Waals surface area contributed by atoms with E-state index in [1.165, 1.54) is 6.07 Å². The zero-order chi connectivity index (χ0) is 13.0. The molecule has 0 fully saturated rings. The highest BCUT2D eigenvalue weighted by molar-refractivity contribution is 5.24. The minimum Gasteiger partial charge on any atom is -0.306 e. The van der Waals surface area contributed by atoms with Gasteiger partial charge in [-0.05, 0) is 42.7 Å². The molecular weight excluding hydrogens is 227 g/mol. The minimum atomic E-state index is -0.154. The third kappa shape index (κ3) is 3.14. The molecule has 94 valence electrons. The molecule has 2 nitrogen and oxygen atoms in total. The average Bonchev–Trinajstić information content (AvgIpc) is 2.41. The molecule has 0 spiro atoms.